The standard InChI is InChI=1S/C16H17NO2S2/c18-15(17-8-7-14-2-1-9-19-14)12-3-5-13(6-4-12)16-20-10-11-21-16/h1-6,9,16H,7-8,10-11H2,(H,17,18). The number of carbonyl (C=O) groups is 1. The van der Waals surface area contributed by atoms with Gasteiger partial charge < -0.3 is 9.73 Å². The smallest absolute Gasteiger partial charge is 0.251 e. The first-order valence-corrected chi connectivity index (χ1v) is 9.06. The van der Waals surface area contributed by atoms with Crippen LogP contribution < -0.4 is 5.32 Å². The Bertz CT molecular complexity index is 575. The quantitative estimate of drug-likeness (QED) is 0.912. The molecule has 0 spiro atoms. The Morgan fingerprint density at radius 1 is 1.19 bits per heavy atom. The van der Waals surface area contributed by atoms with Gasteiger partial charge in [-0.1, -0.05) is 12.1 Å². The maximum atomic E-state index is 12.1. The minimum Gasteiger partial charge on any atom is -0.469 e. The van der Waals surface area contributed by atoms with E-state index in [0.29, 0.717) is 23.1 Å². The summed E-state index contributed by atoms with van der Waals surface area (Å²) in [5.41, 5.74) is 2.01. The van der Waals surface area contributed by atoms with Crippen LogP contribution >= 0.6 is 23.5 Å². The summed E-state index contributed by atoms with van der Waals surface area (Å²) in [5, 5.41) is 2.92. The van der Waals surface area contributed by atoms with Gasteiger partial charge in [0.15, 0.2) is 0 Å². The van der Waals surface area contributed by atoms with Crippen LogP contribution in [0.3, 0.4) is 0 Å². The Hall–Kier alpha value is -1.33. The molecule has 5 heteroatoms. The van der Waals surface area contributed by atoms with Gasteiger partial charge in [-0.2, -0.15) is 0 Å². The Morgan fingerprint density at radius 3 is 2.62 bits per heavy atom. The van der Waals surface area contributed by atoms with Crippen LogP contribution in [0.5, 0.6) is 0 Å². The second-order valence-corrected chi connectivity index (χ2v) is 7.51. The van der Waals surface area contributed by atoms with Crippen molar-refractivity contribution in [2.75, 3.05) is 18.1 Å². The highest BCUT2D eigenvalue weighted by Crippen LogP contribution is 2.45. The number of nitrogens with one attached hydrogen (secondary N) is 1. The fourth-order valence-corrected chi connectivity index (χ4v) is 5.06. The lowest BCUT2D eigenvalue weighted by Crippen LogP contribution is -2.25. The molecule has 2 aromatic rings. The van der Waals surface area contributed by atoms with Crippen LogP contribution in [0.2, 0.25) is 0 Å². The van der Waals surface area contributed by atoms with E-state index in [1.807, 2.05) is 47.8 Å². The van der Waals surface area contributed by atoms with Crippen LogP contribution in [0.1, 0.15) is 26.3 Å². The third kappa shape index (κ3) is 3.86. The zero-order valence-electron chi connectivity index (χ0n) is 11.6. The van der Waals surface area contributed by atoms with Crippen LogP contribution in [0.15, 0.2) is 47.1 Å². The SMILES string of the molecule is O=C(NCCc1ccco1)c1ccc(C2SCCS2)cc1. The summed E-state index contributed by atoms with van der Waals surface area (Å²) in [7, 11) is 0. The van der Waals surface area contributed by atoms with Crippen LogP contribution in [-0.4, -0.2) is 24.0 Å². The first-order chi connectivity index (χ1) is 10.3. The van der Waals surface area contributed by atoms with Crippen molar-refractivity contribution in [3.05, 3.63) is 59.5 Å². The molecule has 2 heterocycles. The van der Waals surface area contributed by atoms with E-state index in [4.69, 9.17) is 4.42 Å². The summed E-state index contributed by atoms with van der Waals surface area (Å²) in [6, 6.07) is 11.7. The molecule has 0 bridgehead atoms. The molecule has 1 N–H and O–H groups in total. The summed E-state index contributed by atoms with van der Waals surface area (Å²) >= 11 is 3.95. The van der Waals surface area contributed by atoms with E-state index < -0.39 is 0 Å². The number of thioether (sulfide) groups is 2. The summed E-state index contributed by atoms with van der Waals surface area (Å²) < 4.78 is 5.77. The molecule has 0 unspecified atom stereocenters. The van der Waals surface area contributed by atoms with Crippen molar-refractivity contribution in [2.45, 2.75) is 11.0 Å². The highest BCUT2D eigenvalue weighted by atomic mass is 32.2. The lowest BCUT2D eigenvalue weighted by Gasteiger charge is -2.09. The number of hydrogen-bond donors (Lipinski definition) is 1. The van der Waals surface area contributed by atoms with E-state index in [9.17, 15) is 4.79 Å². The van der Waals surface area contributed by atoms with Crippen LogP contribution in [0, 0.1) is 0 Å². The number of carbonyl (C=O) groups excluding carboxylic acids is 1. The first-order valence-electron chi connectivity index (χ1n) is 6.97. The average molecular weight is 319 g/mol. The molecule has 0 saturated carbocycles. The van der Waals surface area contributed by atoms with E-state index in [1.54, 1.807) is 6.26 Å². The normalized spacial score (nSPS) is 15.2. The summed E-state index contributed by atoms with van der Waals surface area (Å²) in [6.45, 7) is 0.586. The van der Waals surface area contributed by atoms with Gasteiger partial charge in [-0.05, 0) is 29.8 Å². The summed E-state index contributed by atoms with van der Waals surface area (Å²) in [6.07, 6.45) is 2.36. The Kier molecular flexibility index (Phi) is 4.93. The molecule has 1 aliphatic heterocycles. The molecule has 0 radical (unpaired) electrons. The van der Waals surface area contributed by atoms with Gasteiger partial charge in [0, 0.05) is 30.0 Å². The van der Waals surface area contributed by atoms with Crippen LogP contribution in [0.25, 0.3) is 0 Å². The van der Waals surface area contributed by atoms with E-state index in [1.165, 1.54) is 17.1 Å². The number of amides is 1. The molecule has 1 aromatic heterocycles. The first kappa shape index (κ1) is 14.6. The lowest BCUT2D eigenvalue weighted by atomic mass is 10.1. The highest BCUT2D eigenvalue weighted by molar-refractivity contribution is 8.19. The topological polar surface area (TPSA) is 42.2 Å². The molecule has 110 valence electrons. The predicted octanol–water partition coefficient (Wildman–Crippen LogP) is 3.73. The molecular formula is C16H17NO2S2. The summed E-state index contributed by atoms with van der Waals surface area (Å²) in [4.78, 5) is 12.1. The van der Waals surface area contributed by atoms with E-state index >= 15 is 0 Å². The Balaban J connectivity index is 1.52. The third-order valence-corrected chi connectivity index (χ3v) is 6.41. The van der Waals surface area contributed by atoms with Crippen molar-refractivity contribution in [1.29, 1.82) is 0 Å². The van der Waals surface area contributed by atoms with Gasteiger partial charge in [0.2, 0.25) is 0 Å². The van der Waals surface area contributed by atoms with Crippen molar-refractivity contribution in [3.63, 3.8) is 0 Å². The molecule has 1 aromatic carbocycles. The zero-order valence-corrected chi connectivity index (χ0v) is 13.2. The minimum atomic E-state index is -0.0279. The van der Waals surface area contributed by atoms with Gasteiger partial charge in [0.1, 0.15) is 5.76 Å². The summed E-state index contributed by atoms with van der Waals surface area (Å²) in [5.74, 6) is 3.29. The van der Waals surface area contributed by atoms with Crippen LogP contribution in [0.4, 0.5) is 0 Å². The van der Waals surface area contributed by atoms with Gasteiger partial charge in [-0.15, -0.1) is 23.5 Å². The largest absolute Gasteiger partial charge is 0.469 e. The average Bonchev–Trinajstić information content (AvgIpc) is 3.21. The fourth-order valence-electron chi connectivity index (χ4n) is 2.20. The minimum absolute atomic E-state index is 0.0279. The number of hydrogen-bond acceptors (Lipinski definition) is 4. The maximum absolute atomic E-state index is 12.1. The van der Waals surface area contributed by atoms with Crippen molar-refractivity contribution in [1.82, 2.24) is 5.32 Å². The molecule has 0 atom stereocenters. The van der Waals surface area contributed by atoms with E-state index in [2.05, 4.69) is 17.4 Å². The van der Waals surface area contributed by atoms with Crippen molar-refractivity contribution in [3.8, 4) is 0 Å². The van der Waals surface area contributed by atoms with Crippen molar-refractivity contribution in [2.24, 2.45) is 0 Å². The predicted molar refractivity (Wildman–Crippen MR) is 88.8 cm³/mol. The second-order valence-electron chi connectivity index (χ2n) is 4.78. The molecule has 21 heavy (non-hydrogen) atoms. The molecule has 1 saturated heterocycles. The molecule has 3 rings (SSSR count). The third-order valence-electron chi connectivity index (χ3n) is 3.30. The zero-order chi connectivity index (χ0) is 14.5. The van der Waals surface area contributed by atoms with Crippen molar-refractivity contribution >= 4 is 29.4 Å². The second kappa shape index (κ2) is 7.09. The molecule has 1 amide bonds. The highest BCUT2D eigenvalue weighted by Gasteiger charge is 2.18. The molecule has 0 aliphatic carbocycles. The van der Waals surface area contributed by atoms with E-state index in [0.717, 1.165) is 5.76 Å². The molecular weight excluding hydrogens is 302 g/mol. The monoisotopic (exact) mass is 319 g/mol. The number of furan rings is 1. The number of benzene rings is 1. The van der Waals surface area contributed by atoms with Crippen molar-refractivity contribution < 1.29 is 9.21 Å². The Labute approximate surface area is 132 Å². The Morgan fingerprint density at radius 2 is 1.95 bits per heavy atom. The van der Waals surface area contributed by atoms with E-state index in [-0.39, 0.29) is 5.91 Å². The lowest BCUT2D eigenvalue weighted by molar-refractivity contribution is 0.0953. The van der Waals surface area contributed by atoms with Gasteiger partial charge >= 0.3 is 0 Å². The van der Waals surface area contributed by atoms with Gasteiger partial charge in [0.05, 0.1) is 10.8 Å². The molecule has 3 nitrogen and oxygen atoms in total. The number of rotatable bonds is 5. The molecule has 1 fully saturated rings. The molecule has 1 aliphatic rings. The van der Waals surface area contributed by atoms with Gasteiger partial charge in [-0.25, -0.2) is 0 Å². The van der Waals surface area contributed by atoms with Gasteiger partial charge in [0.25, 0.3) is 5.91 Å². The maximum Gasteiger partial charge on any atom is 0.251 e. The fraction of sp³-hybridized carbons (Fsp3) is 0.312. The van der Waals surface area contributed by atoms with Gasteiger partial charge in [-0.3, -0.25) is 4.79 Å². The van der Waals surface area contributed by atoms with Crippen LogP contribution in [-0.2, 0) is 6.42 Å².